The van der Waals surface area contributed by atoms with E-state index < -0.39 is 0 Å². The first-order valence-electron chi connectivity index (χ1n) is 4.46. The molecule has 1 heteroatoms. The van der Waals surface area contributed by atoms with Gasteiger partial charge in [0.15, 0.2) is 7.28 Å². The fraction of sp³-hybridized carbons (Fsp3) is 0.455. The smallest absolute Gasteiger partial charge is 0.0878 e. The van der Waals surface area contributed by atoms with E-state index in [1.54, 1.807) is 0 Å². The molecule has 0 N–H and O–H groups in total. The number of benzene rings is 1. The molecule has 1 radical (unpaired) electrons. The minimum Gasteiger partial charge on any atom is -0.0878 e. The van der Waals surface area contributed by atoms with Crippen molar-refractivity contribution in [3.8, 4) is 0 Å². The van der Waals surface area contributed by atoms with Crippen molar-refractivity contribution in [2.75, 3.05) is 0 Å². The first kappa shape index (κ1) is 9.37. The zero-order valence-electron chi connectivity index (χ0n) is 8.17. The monoisotopic (exact) mass is 159 g/mol. The van der Waals surface area contributed by atoms with Gasteiger partial charge in [0.2, 0.25) is 0 Å². The molecule has 0 saturated heterocycles. The third-order valence-corrected chi connectivity index (χ3v) is 1.75. The van der Waals surface area contributed by atoms with Crippen molar-refractivity contribution in [3.05, 3.63) is 30.3 Å². The number of hydrogen-bond donors (Lipinski definition) is 0. The van der Waals surface area contributed by atoms with Crippen molar-refractivity contribution >= 4 is 12.7 Å². The summed E-state index contributed by atoms with van der Waals surface area (Å²) in [5.74, 6) is 0. The van der Waals surface area contributed by atoms with Crippen molar-refractivity contribution in [2.24, 2.45) is 5.41 Å². The molecule has 0 aromatic heterocycles. The van der Waals surface area contributed by atoms with Crippen LogP contribution in [-0.2, 0) is 0 Å². The first-order chi connectivity index (χ1) is 5.58. The summed E-state index contributed by atoms with van der Waals surface area (Å²) in [6, 6.07) is 10.5. The fourth-order valence-corrected chi connectivity index (χ4v) is 1.01. The molecule has 1 rings (SSSR count). The molecule has 0 aliphatic heterocycles. The summed E-state index contributed by atoms with van der Waals surface area (Å²) in [4.78, 5) is 0. The quantitative estimate of drug-likeness (QED) is 0.581. The molecule has 0 nitrogen and oxygen atoms in total. The lowest BCUT2D eigenvalue weighted by atomic mass is 9.60. The van der Waals surface area contributed by atoms with Crippen molar-refractivity contribution in [3.63, 3.8) is 0 Å². The van der Waals surface area contributed by atoms with Crippen molar-refractivity contribution in [1.29, 1.82) is 0 Å². The van der Waals surface area contributed by atoms with Crippen LogP contribution in [0.4, 0.5) is 0 Å². The number of hydrogen-bond acceptors (Lipinski definition) is 0. The van der Waals surface area contributed by atoms with Crippen LogP contribution in [0.15, 0.2) is 30.3 Å². The Bertz CT molecular complexity index is 221. The average Bonchev–Trinajstić information content (AvgIpc) is 2.02. The Balaban J connectivity index is 2.44. The van der Waals surface area contributed by atoms with Gasteiger partial charge in [0, 0.05) is 0 Å². The maximum absolute atomic E-state index is 2.29. The average molecular weight is 159 g/mol. The number of rotatable bonds is 2. The predicted octanol–water partition coefficient (Wildman–Crippen LogP) is 2.48. The topological polar surface area (TPSA) is 0 Å². The van der Waals surface area contributed by atoms with Gasteiger partial charge in [-0.1, -0.05) is 62.9 Å². The highest BCUT2D eigenvalue weighted by Crippen LogP contribution is 2.17. The highest BCUT2D eigenvalue weighted by atomic mass is 14.1. The molecular weight excluding hydrogens is 143 g/mol. The van der Waals surface area contributed by atoms with Gasteiger partial charge >= 0.3 is 0 Å². The summed E-state index contributed by atoms with van der Waals surface area (Å²) in [7, 11) is 2.29. The van der Waals surface area contributed by atoms with Crippen LogP contribution in [0.1, 0.15) is 20.8 Å². The van der Waals surface area contributed by atoms with Gasteiger partial charge in [-0.15, -0.1) is 0 Å². The van der Waals surface area contributed by atoms with Gasteiger partial charge in [-0.2, -0.15) is 0 Å². The van der Waals surface area contributed by atoms with Gasteiger partial charge in [0.25, 0.3) is 0 Å². The molecule has 0 spiro atoms. The summed E-state index contributed by atoms with van der Waals surface area (Å²) in [5, 5.41) is 0. The van der Waals surface area contributed by atoms with Crippen LogP contribution in [0.25, 0.3) is 0 Å². The van der Waals surface area contributed by atoms with Crippen molar-refractivity contribution in [1.82, 2.24) is 0 Å². The summed E-state index contributed by atoms with van der Waals surface area (Å²) >= 11 is 0. The minimum absolute atomic E-state index is 0.399. The molecule has 63 valence electrons. The summed E-state index contributed by atoms with van der Waals surface area (Å²) in [6.07, 6.45) is 1.14. The summed E-state index contributed by atoms with van der Waals surface area (Å²) < 4.78 is 0. The molecule has 1 aromatic carbocycles. The van der Waals surface area contributed by atoms with Gasteiger partial charge in [-0.25, -0.2) is 0 Å². The normalized spacial score (nSPS) is 11.2. The van der Waals surface area contributed by atoms with Crippen LogP contribution in [0.3, 0.4) is 0 Å². The Labute approximate surface area is 76.2 Å². The molecular formula is C11H16B. The van der Waals surface area contributed by atoms with E-state index in [9.17, 15) is 0 Å². The standard InChI is InChI=1S/C11H16B/c1-11(2,3)9-12-10-7-5-4-6-8-10/h4-8H,9H2,1-3H3. The Hall–Kier alpha value is -0.715. The van der Waals surface area contributed by atoms with Crippen LogP contribution >= 0.6 is 0 Å². The van der Waals surface area contributed by atoms with E-state index in [4.69, 9.17) is 0 Å². The Morgan fingerprint density at radius 1 is 1.08 bits per heavy atom. The van der Waals surface area contributed by atoms with Crippen LogP contribution in [0, 0.1) is 5.41 Å². The van der Waals surface area contributed by atoms with Gasteiger partial charge in [-0.05, 0) is 5.41 Å². The molecule has 0 heterocycles. The van der Waals surface area contributed by atoms with E-state index in [0.717, 1.165) is 6.32 Å². The Kier molecular flexibility index (Phi) is 2.96. The fourth-order valence-electron chi connectivity index (χ4n) is 1.01. The molecule has 0 aliphatic rings. The zero-order valence-corrected chi connectivity index (χ0v) is 8.17. The third-order valence-electron chi connectivity index (χ3n) is 1.75. The second-order valence-electron chi connectivity index (χ2n) is 4.38. The largest absolute Gasteiger partial charge is 0.152 e. The molecule has 12 heavy (non-hydrogen) atoms. The van der Waals surface area contributed by atoms with E-state index in [-0.39, 0.29) is 0 Å². The van der Waals surface area contributed by atoms with Crippen LogP contribution < -0.4 is 5.46 Å². The van der Waals surface area contributed by atoms with Crippen molar-refractivity contribution < 1.29 is 0 Å². The molecule has 0 amide bonds. The van der Waals surface area contributed by atoms with Gasteiger partial charge < -0.3 is 0 Å². The maximum atomic E-state index is 2.29. The predicted molar refractivity (Wildman–Crippen MR) is 56.1 cm³/mol. The Morgan fingerprint density at radius 2 is 1.67 bits per heavy atom. The molecule has 0 atom stereocenters. The van der Waals surface area contributed by atoms with E-state index in [1.165, 1.54) is 5.46 Å². The van der Waals surface area contributed by atoms with E-state index in [1.807, 2.05) is 0 Å². The second-order valence-corrected chi connectivity index (χ2v) is 4.38. The lowest BCUT2D eigenvalue weighted by molar-refractivity contribution is 0.468. The zero-order chi connectivity index (χ0) is 9.03. The SMILES string of the molecule is CC(C)(C)C[B]c1ccccc1. The van der Waals surface area contributed by atoms with Gasteiger partial charge in [0.1, 0.15) is 0 Å². The highest BCUT2D eigenvalue weighted by Gasteiger charge is 2.10. The molecule has 1 aromatic rings. The van der Waals surface area contributed by atoms with Crippen molar-refractivity contribution in [2.45, 2.75) is 27.1 Å². The lowest BCUT2D eigenvalue weighted by Crippen LogP contribution is -2.19. The van der Waals surface area contributed by atoms with Crippen LogP contribution in [0.5, 0.6) is 0 Å². The molecule has 0 saturated carbocycles. The summed E-state index contributed by atoms with van der Waals surface area (Å²) in [5.41, 5.74) is 1.72. The molecule has 0 fully saturated rings. The van der Waals surface area contributed by atoms with Gasteiger partial charge in [0.05, 0.1) is 0 Å². The second kappa shape index (κ2) is 3.80. The summed E-state index contributed by atoms with van der Waals surface area (Å²) in [6.45, 7) is 6.77. The molecule has 0 bridgehead atoms. The minimum atomic E-state index is 0.399. The van der Waals surface area contributed by atoms with Crippen LogP contribution in [-0.4, -0.2) is 7.28 Å². The van der Waals surface area contributed by atoms with E-state index in [0.29, 0.717) is 5.41 Å². The van der Waals surface area contributed by atoms with Gasteiger partial charge in [-0.3, -0.25) is 0 Å². The van der Waals surface area contributed by atoms with E-state index in [2.05, 4.69) is 58.4 Å². The third kappa shape index (κ3) is 3.61. The maximum Gasteiger partial charge on any atom is 0.152 e. The van der Waals surface area contributed by atoms with Crippen LogP contribution in [0.2, 0.25) is 6.32 Å². The highest BCUT2D eigenvalue weighted by molar-refractivity contribution is 6.53. The Morgan fingerprint density at radius 3 is 2.17 bits per heavy atom. The molecule has 0 aliphatic carbocycles. The lowest BCUT2D eigenvalue weighted by Gasteiger charge is -2.16. The van der Waals surface area contributed by atoms with E-state index >= 15 is 0 Å². The first-order valence-corrected chi connectivity index (χ1v) is 4.46. The molecule has 0 unspecified atom stereocenters.